The van der Waals surface area contributed by atoms with Crippen molar-refractivity contribution in [2.45, 2.75) is 29.4 Å². The van der Waals surface area contributed by atoms with E-state index in [1.54, 1.807) is 24.0 Å². The highest BCUT2D eigenvalue weighted by Crippen LogP contribution is 2.51. The van der Waals surface area contributed by atoms with Crippen molar-refractivity contribution in [3.05, 3.63) is 67.8 Å². The summed E-state index contributed by atoms with van der Waals surface area (Å²) in [5.41, 5.74) is 2.04. The molecule has 130 valence electrons. The molecule has 0 bridgehead atoms. The number of thioether (sulfide) groups is 1. The van der Waals surface area contributed by atoms with Gasteiger partial charge in [0.25, 0.3) is 0 Å². The summed E-state index contributed by atoms with van der Waals surface area (Å²) in [4.78, 5) is 5.16. The Balaban J connectivity index is 1.62. The molecule has 0 saturated carbocycles. The fourth-order valence-corrected chi connectivity index (χ4v) is 5.79. The third kappa shape index (κ3) is 3.72. The van der Waals surface area contributed by atoms with Crippen molar-refractivity contribution in [1.82, 2.24) is 9.55 Å². The predicted molar refractivity (Wildman–Crippen MR) is 105 cm³/mol. The van der Waals surface area contributed by atoms with Crippen LogP contribution in [0.5, 0.6) is 0 Å². The minimum Gasteiger partial charge on any atom is -0.367 e. The molecule has 0 aliphatic carbocycles. The Morgan fingerprint density at radius 3 is 2.84 bits per heavy atom. The van der Waals surface area contributed by atoms with E-state index in [2.05, 4.69) is 4.98 Å². The molecule has 4 rings (SSSR count). The van der Waals surface area contributed by atoms with Crippen LogP contribution < -0.4 is 0 Å². The van der Waals surface area contributed by atoms with Crippen molar-refractivity contribution in [2.24, 2.45) is 0 Å². The van der Waals surface area contributed by atoms with E-state index < -0.39 is 0 Å². The number of thiophene rings is 1. The van der Waals surface area contributed by atoms with Crippen LogP contribution >= 0.6 is 57.9 Å². The zero-order valence-electron chi connectivity index (χ0n) is 12.9. The second kappa shape index (κ2) is 7.51. The van der Waals surface area contributed by atoms with Gasteiger partial charge in [-0.15, -0.1) is 23.1 Å². The summed E-state index contributed by atoms with van der Waals surface area (Å²) in [6.07, 6.45) is 5.42. The van der Waals surface area contributed by atoms with Crippen molar-refractivity contribution >= 4 is 57.9 Å². The van der Waals surface area contributed by atoms with Crippen LogP contribution in [0.4, 0.5) is 0 Å². The van der Waals surface area contributed by atoms with Crippen LogP contribution in [0.2, 0.25) is 14.4 Å². The smallest absolute Gasteiger partial charge is 0.0983 e. The highest BCUT2D eigenvalue weighted by atomic mass is 35.5. The zero-order chi connectivity index (χ0) is 17.4. The Bertz CT molecular complexity index is 882. The first-order valence-corrected chi connectivity index (χ1v) is 10.5. The minimum atomic E-state index is -0.116. The second-order valence-corrected chi connectivity index (χ2v) is 9.28. The molecular weight excluding hydrogens is 419 g/mol. The molecule has 2 atom stereocenters. The van der Waals surface area contributed by atoms with Gasteiger partial charge < -0.3 is 9.30 Å². The number of halogens is 3. The second-order valence-electron chi connectivity index (χ2n) is 5.67. The number of hydrogen-bond donors (Lipinski definition) is 0. The van der Waals surface area contributed by atoms with Gasteiger partial charge in [-0.2, -0.15) is 0 Å². The van der Waals surface area contributed by atoms with E-state index in [1.165, 1.54) is 11.3 Å². The number of fused-ring (bicyclic) bond motifs is 1. The van der Waals surface area contributed by atoms with E-state index in [9.17, 15) is 0 Å². The molecule has 0 N–H and O–H groups in total. The molecule has 1 aromatic carbocycles. The van der Waals surface area contributed by atoms with Crippen molar-refractivity contribution in [2.75, 3.05) is 0 Å². The van der Waals surface area contributed by atoms with Crippen molar-refractivity contribution in [3.8, 4) is 0 Å². The normalized spacial score (nSPS) is 19.3. The van der Waals surface area contributed by atoms with Gasteiger partial charge in [-0.1, -0.05) is 34.8 Å². The van der Waals surface area contributed by atoms with Gasteiger partial charge in [-0.05, 0) is 29.1 Å². The molecule has 3 nitrogen and oxygen atoms in total. The van der Waals surface area contributed by atoms with Crippen LogP contribution in [0, 0.1) is 0 Å². The molecule has 0 fully saturated rings. The fraction of sp³-hybridized carbons (Fsp3) is 0.235. The standard InChI is InChI=1S/C17H13Cl3N2OS2/c18-11-5-12-15(23-8-10-1-4-24-17(10)20)14(7-22-3-2-21-9-22)25-16(12)13(19)6-11/h1-6,9,14-15H,7-8H2/t14-,15-/m1/s1. The summed E-state index contributed by atoms with van der Waals surface area (Å²) >= 11 is 22.1. The molecule has 2 aromatic heterocycles. The molecular formula is C17H13Cl3N2OS2. The Kier molecular flexibility index (Phi) is 5.32. The summed E-state index contributed by atoms with van der Waals surface area (Å²) < 4.78 is 9.09. The number of nitrogens with zero attached hydrogens (tertiary/aromatic N) is 2. The van der Waals surface area contributed by atoms with Gasteiger partial charge in [-0.25, -0.2) is 4.98 Å². The molecule has 25 heavy (non-hydrogen) atoms. The molecule has 1 aliphatic rings. The molecule has 0 spiro atoms. The fourth-order valence-electron chi connectivity index (χ4n) is 2.86. The quantitative estimate of drug-likeness (QED) is 0.472. The summed E-state index contributed by atoms with van der Waals surface area (Å²) in [5, 5.41) is 3.44. The van der Waals surface area contributed by atoms with Crippen LogP contribution in [0.1, 0.15) is 17.2 Å². The number of benzene rings is 1. The third-order valence-corrected chi connectivity index (χ3v) is 7.28. The van der Waals surface area contributed by atoms with E-state index in [4.69, 9.17) is 39.5 Å². The van der Waals surface area contributed by atoms with Gasteiger partial charge in [0.05, 0.1) is 33.6 Å². The van der Waals surface area contributed by atoms with Crippen LogP contribution in [-0.4, -0.2) is 14.8 Å². The van der Waals surface area contributed by atoms with E-state index in [0.717, 1.165) is 26.9 Å². The maximum Gasteiger partial charge on any atom is 0.0983 e. The Labute approximate surface area is 168 Å². The molecule has 0 unspecified atom stereocenters. The molecule has 0 amide bonds. The average Bonchev–Trinajstić information content (AvgIpc) is 3.28. The van der Waals surface area contributed by atoms with Crippen LogP contribution in [0.25, 0.3) is 0 Å². The van der Waals surface area contributed by atoms with Gasteiger partial charge in [0, 0.05) is 34.4 Å². The lowest BCUT2D eigenvalue weighted by atomic mass is 10.1. The highest BCUT2D eigenvalue weighted by molar-refractivity contribution is 8.00. The number of imidazole rings is 1. The van der Waals surface area contributed by atoms with Crippen molar-refractivity contribution in [3.63, 3.8) is 0 Å². The maximum atomic E-state index is 6.41. The third-order valence-electron chi connectivity index (χ3n) is 4.01. The summed E-state index contributed by atoms with van der Waals surface area (Å²) in [7, 11) is 0. The topological polar surface area (TPSA) is 27.1 Å². The predicted octanol–water partition coefficient (Wildman–Crippen LogP) is 6.34. The molecule has 3 aromatic rings. The molecule has 3 heterocycles. The maximum absolute atomic E-state index is 6.41. The largest absolute Gasteiger partial charge is 0.367 e. The number of aromatic nitrogens is 2. The first-order chi connectivity index (χ1) is 12.1. The minimum absolute atomic E-state index is 0.116. The SMILES string of the molecule is Clc1cc(Cl)c2c(c1)[C@@H](OCc1ccsc1Cl)[C@@H](Cn1ccnc1)S2. The Morgan fingerprint density at radius 1 is 1.24 bits per heavy atom. The van der Waals surface area contributed by atoms with Crippen molar-refractivity contribution in [1.29, 1.82) is 0 Å². The van der Waals surface area contributed by atoms with Gasteiger partial charge >= 0.3 is 0 Å². The summed E-state index contributed by atoms with van der Waals surface area (Å²) in [6.45, 7) is 1.23. The average molecular weight is 432 g/mol. The Morgan fingerprint density at radius 2 is 2.12 bits per heavy atom. The van der Waals surface area contributed by atoms with E-state index in [-0.39, 0.29) is 11.4 Å². The lowest BCUT2D eigenvalue weighted by molar-refractivity contribution is 0.0369. The monoisotopic (exact) mass is 430 g/mol. The number of rotatable bonds is 5. The van der Waals surface area contributed by atoms with Gasteiger partial charge in [0.2, 0.25) is 0 Å². The molecule has 8 heteroatoms. The number of hydrogen-bond acceptors (Lipinski definition) is 4. The van der Waals surface area contributed by atoms with E-state index >= 15 is 0 Å². The molecule has 1 aliphatic heterocycles. The van der Waals surface area contributed by atoms with Gasteiger partial charge in [0.15, 0.2) is 0 Å². The lowest BCUT2D eigenvalue weighted by Crippen LogP contribution is -2.19. The van der Waals surface area contributed by atoms with Crippen LogP contribution in [0.15, 0.2) is 47.2 Å². The van der Waals surface area contributed by atoms with E-state index in [1.807, 2.05) is 34.6 Å². The molecule has 0 saturated heterocycles. The van der Waals surface area contributed by atoms with Crippen LogP contribution in [-0.2, 0) is 17.9 Å². The first-order valence-electron chi connectivity index (χ1n) is 7.56. The van der Waals surface area contributed by atoms with E-state index in [0.29, 0.717) is 16.7 Å². The number of ether oxygens (including phenoxy) is 1. The van der Waals surface area contributed by atoms with Gasteiger partial charge in [-0.3, -0.25) is 0 Å². The zero-order valence-corrected chi connectivity index (χ0v) is 16.8. The van der Waals surface area contributed by atoms with Crippen LogP contribution in [0.3, 0.4) is 0 Å². The lowest BCUT2D eigenvalue weighted by Gasteiger charge is -2.20. The summed E-state index contributed by atoms with van der Waals surface area (Å²) in [6, 6.07) is 5.72. The highest BCUT2D eigenvalue weighted by Gasteiger charge is 2.36. The Hall–Kier alpha value is -0.690. The molecule has 0 radical (unpaired) electrons. The van der Waals surface area contributed by atoms with Crippen molar-refractivity contribution < 1.29 is 4.74 Å². The summed E-state index contributed by atoms with van der Waals surface area (Å²) in [5.74, 6) is 0. The first kappa shape index (κ1) is 17.7. The van der Waals surface area contributed by atoms with Gasteiger partial charge in [0.1, 0.15) is 0 Å².